The zero-order valence-electron chi connectivity index (χ0n) is 7.80. The fraction of sp³-hybridized carbons (Fsp3) is 0. The highest BCUT2D eigenvalue weighted by molar-refractivity contribution is 9.10. The average molecular weight is 320 g/mol. The van der Waals surface area contributed by atoms with Gasteiger partial charge in [0.15, 0.2) is 12.1 Å². The molecule has 0 saturated heterocycles. The predicted molar refractivity (Wildman–Crippen MR) is 67.1 cm³/mol. The van der Waals surface area contributed by atoms with Gasteiger partial charge in [-0.3, -0.25) is 4.79 Å². The van der Waals surface area contributed by atoms with Gasteiger partial charge in [0.2, 0.25) is 0 Å². The van der Waals surface area contributed by atoms with Gasteiger partial charge in [-0.2, -0.15) is 0 Å². The van der Waals surface area contributed by atoms with E-state index in [-0.39, 0.29) is 5.82 Å². The zero-order valence-corrected chi connectivity index (χ0v) is 10.9. The summed E-state index contributed by atoms with van der Waals surface area (Å²) in [4.78, 5) is 17.4. The maximum atomic E-state index is 10.6. The number of halogens is 3. The van der Waals surface area contributed by atoms with Crippen LogP contribution in [0, 0.1) is 0 Å². The first-order valence-electron chi connectivity index (χ1n) is 4.28. The number of hydrogen-bond donors (Lipinski definition) is 1. The monoisotopic (exact) mass is 318 g/mol. The van der Waals surface area contributed by atoms with Crippen molar-refractivity contribution in [3.63, 3.8) is 0 Å². The molecule has 0 fully saturated rings. The molecule has 0 saturated carbocycles. The van der Waals surface area contributed by atoms with Crippen LogP contribution < -0.4 is 0 Å². The van der Waals surface area contributed by atoms with Crippen LogP contribution in [-0.4, -0.2) is 16.3 Å². The summed E-state index contributed by atoms with van der Waals surface area (Å²) < 4.78 is 0.596. The molecule has 0 radical (unpaired) electrons. The van der Waals surface area contributed by atoms with Crippen LogP contribution in [0.5, 0.6) is 0 Å². The number of nitrogens with one attached hydrogen (secondary N) is 1. The molecule has 6 heteroatoms. The second kappa shape index (κ2) is 4.57. The molecule has 1 N–H and O–H groups in total. The zero-order chi connectivity index (χ0) is 11.7. The molecule has 0 aliphatic heterocycles. The number of nitrogens with zero attached hydrogens (tertiary/aromatic N) is 1. The van der Waals surface area contributed by atoms with Crippen LogP contribution in [0.2, 0.25) is 10.0 Å². The molecular formula is C10H5BrCl2N2O. The molecule has 0 spiro atoms. The number of imidazole rings is 1. The van der Waals surface area contributed by atoms with Gasteiger partial charge in [-0.15, -0.1) is 0 Å². The number of aromatic amines is 1. The molecule has 2 rings (SSSR count). The average Bonchev–Trinajstić information content (AvgIpc) is 2.63. The summed E-state index contributed by atoms with van der Waals surface area (Å²) in [6, 6.07) is 5.06. The van der Waals surface area contributed by atoms with Crippen molar-refractivity contribution in [3.8, 4) is 11.3 Å². The Hall–Kier alpha value is -0.840. The first-order valence-corrected chi connectivity index (χ1v) is 5.83. The Balaban J connectivity index is 2.61. The van der Waals surface area contributed by atoms with E-state index in [4.69, 9.17) is 23.2 Å². The Kier molecular flexibility index (Phi) is 3.33. The molecule has 0 unspecified atom stereocenters. The van der Waals surface area contributed by atoms with Crippen molar-refractivity contribution < 1.29 is 4.79 Å². The molecule has 1 aromatic carbocycles. The number of carbonyl (C=O) groups excluding carboxylic acids is 1. The standard InChI is InChI=1S/C10H5BrCl2N2O/c11-10-9(14-8(4-16)15-10)6-3-5(12)1-2-7(6)13/h1-4H,(H,14,15). The van der Waals surface area contributed by atoms with E-state index in [9.17, 15) is 4.79 Å². The van der Waals surface area contributed by atoms with Gasteiger partial charge < -0.3 is 4.98 Å². The van der Waals surface area contributed by atoms with E-state index in [1.807, 2.05) is 0 Å². The van der Waals surface area contributed by atoms with Gasteiger partial charge in [0.05, 0.1) is 5.02 Å². The first kappa shape index (κ1) is 11.6. The number of aromatic nitrogens is 2. The fourth-order valence-corrected chi connectivity index (χ4v) is 2.17. The lowest BCUT2D eigenvalue weighted by molar-refractivity contribution is 0.111. The van der Waals surface area contributed by atoms with Gasteiger partial charge in [-0.1, -0.05) is 23.2 Å². The Bertz CT molecular complexity index is 554. The number of H-pyrrole nitrogens is 1. The lowest BCUT2D eigenvalue weighted by atomic mass is 10.2. The highest BCUT2D eigenvalue weighted by atomic mass is 79.9. The highest BCUT2D eigenvalue weighted by Gasteiger charge is 2.13. The first-order chi connectivity index (χ1) is 7.61. The highest BCUT2D eigenvalue weighted by Crippen LogP contribution is 2.33. The van der Waals surface area contributed by atoms with Gasteiger partial charge in [0.1, 0.15) is 10.3 Å². The van der Waals surface area contributed by atoms with E-state index in [2.05, 4.69) is 25.9 Å². The molecule has 3 nitrogen and oxygen atoms in total. The molecule has 1 heterocycles. The minimum atomic E-state index is 0.234. The van der Waals surface area contributed by atoms with E-state index in [1.165, 1.54) is 0 Å². The second-order valence-corrected chi connectivity index (χ2v) is 4.66. The van der Waals surface area contributed by atoms with E-state index in [0.29, 0.717) is 32.2 Å². The van der Waals surface area contributed by atoms with Crippen molar-refractivity contribution in [2.75, 3.05) is 0 Å². The normalized spacial score (nSPS) is 10.4. The fourth-order valence-electron chi connectivity index (χ4n) is 1.28. The summed E-state index contributed by atoms with van der Waals surface area (Å²) in [5.41, 5.74) is 1.24. The molecule has 0 aliphatic carbocycles. The number of rotatable bonds is 2. The van der Waals surface area contributed by atoms with Crippen LogP contribution in [0.3, 0.4) is 0 Å². The molecule has 16 heavy (non-hydrogen) atoms. The second-order valence-electron chi connectivity index (χ2n) is 3.03. The Labute approximate surface area is 110 Å². The van der Waals surface area contributed by atoms with Crippen molar-refractivity contribution in [2.45, 2.75) is 0 Å². The minimum Gasteiger partial charge on any atom is -0.330 e. The Morgan fingerprint density at radius 1 is 1.38 bits per heavy atom. The molecule has 1 aromatic heterocycles. The third-order valence-electron chi connectivity index (χ3n) is 1.97. The van der Waals surface area contributed by atoms with E-state index in [1.54, 1.807) is 18.2 Å². The van der Waals surface area contributed by atoms with Gasteiger partial charge in [-0.05, 0) is 34.1 Å². The quantitative estimate of drug-likeness (QED) is 0.852. The third kappa shape index (κ3) is 2.14. The number of benzene rings is 1. The van der Waals surface area contributed by atoms with Gasteiger partial charge >= 0.3 is 0 Å². The van der Waals surface area contributed by atoms with Gasteiger partial charge in [-0.25, -0.2) is 4.98 Å². The van der Waals surface area contributed by atoms with Crippen LogP contribution in [0.4, 0.5) is 0 Å². The van der Waals surface area contributed by atoms with Crippen molar-refractivity contribution >= 4 is 45.4 Å². The lowest BCUT2D eigenvalue weighted by Gasteiger charge is -2.01. The van der Waals surface area contributed by atoms with Gasteiger partial charge in [0.25, 0.3) is 0 Å². The molecule has 82 valence electrons. The predicted octanol–water partition coefficient (Wildman–Crippen LogP) is 3.96. The SMILES string of the molecule is O=Cc1nc(-c2cc(Cl)ccc2Cl)c(Br)[nH]1. The minimum absolute atomic E-state index is 0.234. The van der Waals surface area contributed by atoms with Crippen molar-refractivity contribution in [1.82, 2.24) is 9.97 Å². The van der Waals surface area contributed by atoms with Crippen LogP contribution in [0.25, 0.3) is 11.3 Å². The summed E-state index contributed by atoms with van der Waals surface area (Å²) in [6.07, 6.45) is 0.632. The largest absolute Gasteiger partial charge is 0.330 e. The van der Waals surface area contributed by atoms with E-state index in [0.717, 1.165) is 0 Å². The van der Waals surface area contributed by atoms with Crippen LogP contribution in [0.1, 0.15) is 10.6 Å². The van der Waals surface area contributed by atoms with E-state index >= 15 is 0 Å². The smallest absolute Gasteiger partial charge is 0.185 e. The van der Waals surface area contributed by atoms with Crippen LogP contribution >= 0.6 is 39.1 Å². The molecule has 0 atom stereocenters. The molecule has 0 amide bonds. The van der Waals surface area contributed by atoms with E-state index < -0.39 is 0 Å². The van der Waals surface area contributed by atoms with Crippen molar-refractivity contribution in [3.05, 3.63) is 38.7 Å². The molecular weight excluding hydrogens is 315 g/mol. The van der Waals surface area contributed by atoms with Crippen molar-refractivity contribution in [1.29, 1.82) is 0 Å². The summed E-state index contributed by atoms with van der Waals surface area (Å²) in [6.45, 7) is 0. The number of hydrogen-bond acceptors (Lipinski definition) is 2. The topological polar surface area (TPSA) is 45.8 Å². The van der Waals surface area contributed by atoms with Crippen LogP contribution in [-0.2, 0) is 0 Å². The number of aldehydes is 1. The summed E-state index contributed by atoms with van der Waals surface area (Å²) in [5, 5.41) is 1.08. The third-order valence-corrected chi connectivity index (χ3v) is 3.11. The van der Waals surface area contributed by atoms with Crippen molar-refractivity contribution in [2.24, 2.45) is 0 Å². The van der Waals surface area contributed by atoms with Crippen LogP contribution in [0.15, 0.2) is 22.8 Å². The maximum absolute atomic E-state index is 10.6. The Morgan fingerprint density at radius 2 is 2.12 bits per heavy atom. The maximum Gasteiger partial charge on any atom is 0.185 e. The lowest BCUT2D eigenvalue weighted by Crippen LogP contribution is -1.83. The Morgan fingerprint density at radius 3 is 2.75 bits per heavy atom. The summed E-state index contributed by atoms with van der Waals surface area (Å²) in [5.74, 6) is 0.234. The molecule has 0 aliphatic rings. The van der Waals surface area contributed by atoms with Gasteiger partial charge in [0, 0.05) is 10.6 Å². The summed E-state index contributed by atoms with van der Waals surface area (Å²) >= 11 is 15.2. The summed E-state index contributed by atoms with van der Waals surface area (Å²) in [7, 11) is 0. The molecule has 0 bridgehead atoms. The number of carbonyl (C=O) groups is 1. The molecule has 2 aromatic rings.